The fourth-order valence-electron chi connectivity index (χ4n) is 1.88. The summed E-state index contributed by atoms with van der Waals surface area (Å²) in [5, 5.41) is 9.41. The maximum atomic E-state index is 11.9. The van der Waals surface area contributed by atoms with Crippen LogP contribution in [0, 0.1) is 6.92 Å². The highest BCUT2D eigenvalue weighted by molar-refractivity contribution is 5.94. The molecule has 94 valence electrons. The van der Waals surface area contributed by atoms with E-state index in [4.69, 9.17) is 9.47 Å². The zero-order valence-electron chi connectivity index (χ0n) is 10.1. The van der Waals surface area contributed by atoms with Gasteiger partial charge in [0.1, 0.15) is 5.60 Å². The Hall–Kier alpha value is -1.40. The van der Waals surface area contributed by atoms with Gasteiger partial charge in [-0.3, -0.25) is 9.89 Å². The highest BCUT2D eigenvalue weighted by Gasteiger charge is 2.35. The summed E-state index contributed by atoms with van der Waals surface area (Å²) >= 11 is 0. The second kappa shape index (κ2) is 4.85. The number of hydrogen-bond acceptors (Lipinski definition) is 4. The first kappa shape index (κ1) is 12.1. The molecule has 0 bridgehead atoms. The smallest absolute Gasteiger partial charge is 0.254 e. The van der Waals surface area contributed by atoms with Gasteiger partial charge < -0.3 is 14.8 Å². The zero-order chi connectivity index (χ0) is 12.3. The summed E-state index contributed by atoms with van der Waals surface area (Å²) in [4.78, 5) is 11.9. The van der Waals surface area contributed by atoms with Gasteiger partial charge >= 0.3 is 0 Å². The lowest BCUT2D eigenvalue weighted by atomic mass is 10.0. The Morgan fingerprint density at radius 3 is 3.12 bits per heavy atom. The van der Waals surface area contributed by atoms with Gasteiger partial charge in [-0.2, -0.15) is 5.10 Å². The first-order valence-electron chi connectivity index (χ1n) is 5.58. The van der Waals surface area contributed by atoms with Gasteiger partial charge in [0.25, 0.3) is 5.91 Å². The van der Waals surface area contributed by atoms with E-state index in [0.717, 1.165) is 12.1 Å². The molecule has 0 aromatic carbocycles. The first-order valence-corrected chi connectivity index (χ1v) is 5.58. The second-order valence-electron chi connectivity index (χ2n) is 4.28. The van der Waals surface area contributed by atoms with Crippen molar-refractivity contribution in [1.82, 2.24) is 15.5 Å². The minimum absolute atomic E-state index is 0.139. The molecule has 2 N–H and O–H groups in total. The summed E-state index contributed by atoms with van der Waals surface area (Å²) in [7, 11) is 1.64. The number of aromatic nitrogens is 2. The fourth-order valence-corrected chi connectivity index (χ4v) is 1.88. The van der Waals surface area contributed by atoms with Crippen molar-refractivity contribution in [3.8, 4) is 0 Å². The van der Waals surface area contributed by atoms with Crippen LogP contribution in [0.3, 0.4) is 0 Å². The maximum absolute atomic E-state index is 11.9. The van der Waals surface area contributed by atoms with Crippen LogP contribution in [-0.2, 0) is 9.47 Å². The predicted octanol–water partition coefficient (Wildman–Crippen LogP) is 0.253. The Morgan fingerprint density at radius 1 is 1.76 bits per heavy atom. The molecule has 1 atom stereocenters. The SMILES string of the molecule is COC1(CNC(=O)c2cn[nH]c2C)CCOC1. The van der Waals surface area contributed by atoms with Crippen LogP contribution in [-0.4, -0.2) is 48.6 Å². The molecule has 1 fully saturated rings. The van der Waals surface area contributed by atoms with Gasteiger partial charge in [-0.25, -0.2) is 0 Å². The third kappa shape index (κ3) is 2.48. The third-order valence-electron chi connectivity index (χ3n) is 3.15. The molecule has 0 aliphatic carbocycles. The number of methoxy groups -OCH3 is 1. The quantitative estimate of drug-likeness (QED) is 0.790. The van der Waals surface area contributed by atoms with E-state index in [0.29, 0.717) is 25.3 Å². The molecule has 1 aliphatic rings. The lowest BCUT2D eigenvalue weighted by Crippen LogP contribution is -2.45. The molecule has 1 amide bonds. The van der Waals surface area contributed by atoms with Crippen LogP contribution >= 0.6 is 0 Å². The monoisotopic (exact) mass is 239 g/mol. The van der Waals surface area contributed by atoms with E-state index in [9.17, 15) is 4.79 Å². The zero-order valence-corrected chi connectivity index (χ0v) is 10.1. The van der Waals surface area contributed by atoms with Crippen LogP contribution in [0.5, 0.6) is 0 Å². The van der Waals surface area contributed by atoms with Crippen molar-refractivity contribution in [1.29, 1.82) is 0 Å². The first-order chi connectivity index (χ1) is 8.17. The van der Waals surface area contributed by atoms with E-state index in [1.165, 1.54) is 6.20 Å². The average molecular weight is 239 g/mol. The van der Waals surface area contributed by atoms with Crippen molar-refractivity contribution in [2.75, 3.05) is 26.9 Å². The average Bonchev–Trinajstić information content (AvgIpc) is 2.95. The normalized spacial score (nSPS) is 23.9. The van der Waals surface area contributed by atoms with E-state index >= 15 is 0 Å². The summed E-state index contributed by atoms with van der Waals surface area (Å²) in [5.41, 5.74) is 0.944. The Labute approximate surface area is 99.7 Å². The Morgan fingerprint density at radius 2 is 2.59 bits per heavy atom. The summed E-state index contributed by atoms with van der Waals surface area (Å²) in [5.74, 6) is -0.139. The summed E-state index contributed by atoms with van der Waals surface area (Å²) in [6.45, 7) is 3.46. The molecule has 17 heavy (non-hydrogen) atoms. The molecule has 0 radical (unpaired) electrons. The van der Waals surface area contributed by atoms with Crippen molar-refractivity contribution < 1.29 is 14.3 Å². The largest absolute Gasteiger partial charge is 0.378 e. The van der Waals surface area contributed by atoms with E-state index < -0.39 is 0 Å². The molecule has 1 unspecified atom stereocenters. The topological polar surface area (TPSA) is 76.2 Å². The van der Waals surface area contributed by atoms with Gasteiger partial charge in [-0.15, -0.1) is 0 Å². The van der Waals surface area contributed by atoms with Crippen LogP contribution in [0.1, 0.15) is 22.5 Å². The standard InChI is InChI=1S/C11H17N3O3/c1-8-9(5-13-14-8)10(15)12-6-11(16-2)3-4-17-7-11/h5H,3-4,6-7H2,1-2H3,(H,12,15)(H,13,14). The van der Waals surface area contributed by atoms with Gasteiger partial charge in [0.15, 0.2) is 0 Å². The maximum Gasteiger partial charge on any atom is 0.254 e. The molecule has 0 spiro atoms. The van der Waals surface area contributed by atoms with Gasteiger partial charge in [-0.05, 0) is 6.92 Å². The molecular weight excluding hydrogens is 222 g/mol. The number of aromatic amines is 1. The Kier molecular flexibility index (Phi) is 3.44. The van der Waals surface area contributed by atoms with Crippen LogP contribution in [0.2, 0.25) is 0 Å². The number of amides is 1. The molecular formula is C11H17N3O3. The lowest BCUT2D eigenvalue weighted by molar-refractivity contribution is -0.0148. The van der Waals surface area contributed by atoms with Crippen molar-refractivity contribution in [2.45, 2.75) is 18.9 Å². The van der Waals surface area contributed by atoms with E-state index in [1.807, 2.05) is 6.92 Å². The van der Waals surface area contributed by atoms with Crippen LogP contribution in [0.15, 0.2) is 6.20 Å². The molecule has 1 aromatic rings. The van der Waals surface area contributed by atoms with Crippen LogP contribution in [0.4, 0.5) is 0 Å². The fraction of sp³-hybridized carbons (Fsp3) is 0.636. The Balaban J connectivity index is 1.94. The lowest BCUT2D eigenvalue weighted by Gasteiger charge is -2.25. The van der Waals surface area contributed by atoms with Gasteiger partial charge in [-0.1, -0.05) is 0 Å². The minimum Gasteiger partial charge on any atom is -0.378 e. The molecule has 2 rings (SSSR count). The van der Waals surface area contributed by atoms with Crippen molar-refractivity contribution >= 4 is 5.91 Å². The van der Waals surface area contributed by atoms with E-state index in [-0.39, 0.29) is 11.5 Å². The van der Waals surface area contributed by atoms with Crippen LogP contribution < -0.4 is 5.32 Å². The van der Waals surface area contributed by atoms with Crippen molar-refractivity contribution in [2.24, 2.45) is 0 Å². The number of carbonyl (C=O) groups excluding carboxylic acids is 1. The van der Waals surface area contributed by atoms with Gasteiger partial charge in [0, 0.05) is 32.4 Å². The van der Waals surface area contributed by atoms with Crippen molar-refractivity contribution in [3.63, 3.8) is 0 Å². The number of rotatable bonds is 4. The minimum atomic E-state index is -0.382. The summed E-state index contributed by atoms with van der Waals surface area (Å²) < 4.78 is 10.7. The highest BCUT2D eigenvalue weighted by atomic mass is 16.5. The number of hydrogen-bond donors (Lipinski definition) is 2. The summed E-state index contributed by atoms with van der Waals surface area (Å²) in [6, 6.07) is 0. The Bertz CT molecular complexity index is 396. The van der Waals surface area contributed by atoms with Gasteiger partial charge in [0.2, 0.25) is 0 Å². The molecule has 1 aromatic heterocycles. The van der Waals surface area contributed by atoms with E-state index in [1.54, 1.807) is 7.11 Å². The number of nitrogens with one attached hydrogen (secondary N) is 2. The predicted molar refractivity (Wildman–Crippen MR) is 60.8 cm³/mol. The molecule has 2 heterocycles. The molecule has 6 heteroatoms. The van der Waals surface area contributed by atoms with Crippen LogP contribution in [0.25, 0.3) is 0 Å². The molecule has 1 aliphatic heterocycles. The number of aryl methyl sites for hydroxylation is 1. The van der Waals surface area contributed by atoms with E-state index in [2.05, 4.69) is 15.5 Å². The second-order valence-corrected chi connectivity index (χ2v) is 4.28. The molecule has 6 nitrogen and oxygen atoms in total. The number of H-pyrrole nitrogens is 1. The summed E-state index contributed by atoms with van der Waals surface area (Å²) in [6.07, 6.45) is 2.32. The molecule has 0 saturated carbocycles. The van der Waals surface area contributed by atoms with Gasteiger partial charge in [0.05, 0.1) is 18.4 Å². The number of carbonyl (C=O) groups is 1. The molecule has 1 saturated heterocycles. The third-order valence-corrected chi connectivity index (χ3v) is 3.15. The highest BCUT2D eigenvalue weighted by Crippen LogP contribution is 2.21. The van der Waals surface area contributed by atoms with Crippen molar-refractivity contribution in [3.05, 3.63) is 17.5 Å². The number of nitrogens with zero attached hydrogens (tertiary/aromatic N) is 1. The number of ether oxygens (including phenoxy) is 2.